The largest absolute Gasteiger partial charge is 0.508 e. The number of carbonyl (C=O) groups is 3. The molecule has 32 heavy (non-hydrogen) atoms. The molecule has 0 aliphatic heterocycles. The van der Waals surface area contributed by atoms with Gasteiger partial charge in [-0.2, -0.15) is 0 Å². The Kier molecular flexibility index (Phi) is 9.28. The minimum Gasteiger partial charge on any atom is -0.508 e. The van der Waals surface area contributed by atoms with Crippen LogP contribution in [0.5, 0.6) is 11.5 Å². The number of carbonyl (C=O) groups excluding carboxylic acids is 3. The Morgan fingerprint density at radius 1 is 0.906 bits per heavy atom. The third-order valence-electron chi connectivity index (χ3n) is 4.48. The molecule has 0 fully saturated rings. The van der Waals surface area contributed by atoms with Crippen molar-refractivity contribution in [2.45, 2.75) is 32.2 Å². The van der Waals surface area contributed by atoms with E-state index in [9.17, 15) is 24.6 Å². The molecule has 1 atom stereocenters. The average Bonchev–Trinajstić information content (AvgIpc) is 2.77. The van der Waals surface area contributed by atoms with Gasteiger partial charge in [0.1, 0.15) is 30.8 Å². The van der Waals surface area contributed by atoms with Crippen LogP contribution in [0.1, 0.15) is 24.5 Å². The highest BCUT2D eigenvalue weighted by molar-refractivity contribution is 5.87. The van der Waals surface area contributed by atoms with Crippen molar-refractivity contribution in [3.8, 4) is 11.5 Å². The van der Waals surface area contributed by atoms with Crippen LogP contribution >= 0.6 is 0 Å². The highest BCUT2D eigenvalue weighted by atomic mass is 16.6. The number of ether oxygens (including phenoxy) is 2. The van der Waals surface area contributed by atoms with E-state index in [0.29, 0.717) is 6.42 Å². The van der Waals surface area contributed by atoms with Gasteiger partial charge in [0.05, 0.1) is 0 Å². The van der Waals surface area contributed by atoms with Crippen LogP contribution in [0.3, 0.4) is 0 Å². The van der Waals surface area contributed by atoms with Crippen molar-refractivity contribution in [2.24, 2.45) is 0 Å². The molecule has 0 aliphatic rings. The first-order chi connectivity index (χ1) is 15.2. The zero-order chi connectivity index (χ0) is 23.5. The van der Waals surface area contributed by atoms with Gasteiger partial charge >= 0.3 is 11.9 Å². The lowest BCUT2D eigenvalue weighted by Crippen LogP contribution is -2.43. The minimum atomic E-state index is -0.955. The molecule has 8 nitrogen and oxygen atoms in total. The summed E-state index contributed by atoms with van der Waals surface area (Å²) in [5.74, 6) is -1.35. The fourth-order valence-electron chi connectivity index (χ4n) is 2.75. The number of aryl methyl sites for hydroxylation is 1. The SMILES string of the molecule is C=C(C)C(=O)OCCOC(=O)[C@H](Cc1ccc(O)cc1)NC(=O)CCc1ccc(O)cc1. The molecule has 0 unspecified atom stereocenters. The van der Waals surface area contributed by atoms with Crippen molar-refractivity contribution >= 4 is 17.8 Å². The predicted molar refractivity (Wildman–Crippen MR) is 117 cm³/mol. The Morgan fingerprint density at radius 3 is 2.00 bits per heavy atom. The van der Waals surface area contributed by atoms with E-state index in [1.807, 2.05) is 0 Å². The van der Waals surface area contributed by atoms with Gasteiger partial charge in [0.15, 0.2) is 0 Å². The smallest absolute Gasteiger partial charge is 0.333 e. The van der Waals surface area contributed by atoms with Crippen LogP contribution in [-0.4, -0.2) is 47.3 Å². The number of benzene rings is 2. The summed E-state index contributed by atoms with van der Waals surface area (Å²) in [5.41, 5.74) is 1.83. The molecule has 8 heteroatoms. The van der Waals surface area contributed by atoms with Crippen LogP contribution in [0, 0.1) is 0 Å². The highest BCUT2D eigenvalue weighted by Crippen LogP contribution is 2.13. The molecule has 170 valence electrons. The van der Waals surface area contributed by atoms with E-state index in [4.69, 9.17) is 9.47 Å². The first-order valence-corrected chi connectivity index (χ1v) is 10.1. The molecule has 1 amide bonds. The summed E-state index contributed by atoms with van der Waals surface area (Å²) in [4.78, 5) is 36.4. The summed E-state index contributed by atoms with van der Waals surface area (Å²) in [6, 6.07) is 11.8. The zero-order valence-corrected chi connectivity index (χ0v) is 17.9. The molecule has 0 aliphatic carbocycles. The number of esters is 2. The van der Waals surface area contributed by atoms with Gasteiger partial charge in [-0.05, 0) is 48.7 Å². The maximum Gasteiger partial charge on any atom is 0.333 e. The quantitative estimate of drug-likeness (QED) is 0.278. The molecule has 0 radical (unpaired) electrons. The number of rotatable bonds is 11. The Balaban J connectivity index is 1.94. The molecule has 0 spiro atoms. The fraction of sp³-hybridized carbons (Fsp3) is 0.292. The normalized spacial score (nSPS) is 11.3. The number of nitrogens with one attached hydrogen (secondary N) is 1. The maximum absolute atomic E-state index is 12.6. The van der Waals surface area contributed by atoms with E-state index in [2.05, 4.69) is 11.9 Å². The topological polar surface area (TPSA) is 122 Å². The average molecular weight is 441 g/mol. The van der Waals surface area contributed by atoms with E-state index in [1.165, 1.54) is 19.1 Å². The van der Waals surface area contributed by atoms with Crippen molar-refractivity contribution in [1.82, 2.24) is 5.32 Å². The molecular weight excluding hydrogens is 414 g/mol. The summed E-state index contributed by atoms with van der Waals surface area (Å²) in [6.07, 6.45) is 0.736. The van der Waals surface area contributed by atoms with Gasteiger partial charge in [-0.15, -0.1) is 0 Å². The third kappa shape index (κ3) is 8.51. The van der Waals surface area contributed by atoms with Crippen molar-refractivity contribution < 1.29 is 34.1 Å². The molecule has 2 aromatic carbocycles. The maximum atomic E-state index is 12.6. The Bertz CT molecular complexity index is 936. The summed E-state index contributed by atoms with van der Waals surface area (Å²) in [6.45, 7) is 4.69. The van der Waals surface area contributed by atoms with Gasteiger partial charge in [0, 0.05) is 18.4 Å². The second-order valence-corrected chi connectivity index (χ2v) is 7.24. The van der Waals surface area contributed by atoms with Gasteiger partial charge in [0.25, 0.3) is 0 Å². The minimum absolute atomic E-state index is 0.0881. The second-order valence-electron chi connectivity index (χ2n) is 7.24. The van der Waals surface area contributed by atoms with Crippen LogP contribution in [0.4, 0.5) is 0 Å². The lowest BCUT2D eigenvalue weighted by molar-refractivity contribution is -0.152. The number of phenolic OH excluding ortho intramolecular Hbond substituents is 2. The van der Waals surface area contributed by atoms with Crippen molar-refractivity contribution in [2.75, 3.05) is 13.2 Å². The third-order valence-corrected chi connectivity index (χ3v) is 4.48. The van der Waals surface area contributed by atoms with E-state index >= 15 is 0 Å². The predicted octanol–water partition coefficient (Wildman–Crippen LogP) is 2.42. The molecule has 2 aromatic rings. The Hall–Kier alpha value is -3.81. The van der Waals surface area contributed by atoms with Gasteiger partial charge in [-0.1, -0.05) is 30.8 Å². The van der Waals surface area contributed by atoms with E-state index < -0.39 is 18.0 Å². The summed E-state index contributed by atoms with van der Waals surface area (Å²) < 4.78 is 10.1. The van der Waals surface area contributed by atoms with Gasteiger partial charge in [-0.25, -0.2) is 9.59 Å². The van der Waals surface area contributed by atoms with E-state index in [-0.39, 0.29) is 49.0 Å². The second kappa shape index (κ2) is 12.1. The lowest BCUT2D eigenvalue weighted by Gasteiger charge is -2.18. The molecule has 0 saturated heterocycles. The van der Waals surface area contributed by atoms with Crippen molar-refractivity contribution in [3.05, 3.63) is 71.8 Å². The first-order valence-electron chi connectivity index (χ1n) is 10.1. The molecule has 0 aromatic heterocycles. The Morgan fingerprint density at radius 2 is 1.44 bits per heavy atom. The number of amides is 1. The molecular formula is C24H27NO7. The van der Waals surface area contributed by atoms with Gasteiger partial charge in [0.2, 0.25) is 5.91 Å². The molecule has 2 rings (SSSR count). The zero-order valence-electron chi connectivity index (χ0n) is 17.9. The Labute approximate surface area is 186 Å². The number of hydrogen-bond donors (Lipinski definition) is 3. The van der Waals surface area contributed by atoms with Crippen LogP contribution in [0.25, 0.3) is 0 Å². The number of phenols is 2. The monoisotopic (exact) mass is 441 g/mol. The standard InChI is InChI=1S/C24H27NO7/c1-16(2)23(29)31-13-14-32-24(30)21(15-18-5-10-20(27)11-6-18)25-22(28)12-7-17-3-8-19(26)9-4-17/h3-6,8-11,21,26-27H,1,7,12-15H2,2H3,(H,25,28)/t21-/m0/s1. The highest BCUT2D eigenvalue weighted by Gasteiger charge is 2.23. The lowest BCUT2D eigenvalue weighted by atomic mass is 10.0. The van der Waals surface area contributed by atoms with E-state index in [0.717, 1.165) is 11.1 Å². The van der Waals surface area contributed by atoms with Gasteiger partial charge < -0.3 is 25.0 Å². The van der Waals surface area contributed by atoms with E-state index in [1.54, 1.807) is 36.4 Å². The molecule has 0 heterocycles. The van der Waals surface area contributed by atoms with Crippen LogP contribution in [0.2, 0.25) is 0 Å². The van der Waals surface area contributed by atoms with Crippen molar-refractivity contribution in [3.63, 3.8) is 0 Å². The molecule has 0 saturated carbocycles. The summed E-state index contributed by atoms with van der Waals surface area (Å²) in [5, 5.41) is 21.5. The summed E-state index contributed by atoms with van der Waals surface area (Å²) >= 11 is 0. The fourth-order valence-corrected chi connectivity index (χ4v) is 2.75. The number of aromatic hydroxyl groups is 2. The van der Waals surface area contributed by atoms with Crippen LogP contribution in [0.15, 0.2) is 60.7 Å². The summed E-state index contributed by atoms with van der Waals surface area (Å²) in [7, 11) is 0. The van der Waals surface area contributed by atoms with Gasteiger partial charge in [-0.3, -0.25) is 4.79 Å². The van der Waals surface area contributed by atoms with Crippen LogP contribution in [-0.2, 0) is 36.7 Å². The molecule has 0 bridgehead atoms. The molecule has 3 N–H and O–H groups in total. The first kappa shape index (κ1) is 24.5. The number of hydrogen-bond acceptors (Lipinski definition) is 7. The van der Waals surface area contributed by atoms with Crippen molar-refractivity contribution in [1.29, 1.82) is 0 Å². The van der Waals surface area contributed by atoms with Crippen LogP contribution < -0.4 is 5.32 Å².